The van der Waals surface area contributed by atoms with Gasteiger partial charge in [0.25, 0.3) is 5.91 Å². The van der Waals surface area contributed by atoms with Crippen LogP contribution in [0.4, 0.5) is 0 Å². The third-order valence-electron chi connectivity index (χ3n) is 4.01. The smallest absolute Gasteiger partial charge is 0.274 e. The van der Waals surface area contributed by atoms with Crippen LogP contribution in [-0.2, 0) is 6.54 Å². The zero-order valence-electron chi connectivity index (χ0n) is 13.4. The predicted molar refractivity (Wildman–Crippen MR) is 87.8 cm³/mol. The van der Waals surface area contributed by atoms with Crippen molar-refractivity contribution in [2.75, 3.05) is 13.2 Å². The molecule has 0 aliphatic carbocycles. The first-order chi connectivity index (χ1) is 12.3. The van der Waals surface area contributed by atoms with E-state index in [1.165, 1.54) is 12.4 Å². The lowest BCUT2D eigenvalue weighted by molar-refractivity contribution is 0.0625. The molecule has 8 heteroatoms. The van der Waals surface area contributed by atoms with Gasteiger partial charge in [0.05, 0.1) is 18.4 Å². The molecule has 0 saturated heterocycles. The average Bonchev–Trinajstić information content (AvgIpc) is 3.16. The van der Waals surface area contributed by atoms with Gasteiger partial charge < -0.3 is 9.64 Å². The molecule has 0 radical (unpaired) electrons. The highest BCUT2D eigenvalue weighted by Crippen LogP contribution is 2.22. The van der Waals surface area contributed by atoms with Crippen LogP contribution in [0.15, 0.2) is 55.2 Å². The summed E-state index contributed by atoms with van der Waals surface area (Å²) in [6.07, 6.45) is 7.96. The van der Waals surface area contributed by atoms with Gasteiger partial charge in [-0.15, -0.1) is 0 Å². The highest BCUT2D eigenvalue weighted by Gasteiger charge is 2.30. The van der Waals surface area contributed by atoms with Crippen LogP contribution in [0.25, 0.3) is 0 Å². The number of ether oxygens (including phenoxy) is 1. The van der Waals surface area contributed by atoms with Crippen LogP contribution in [0.2, 0.25) is 0 Å². The van der Waals surface area contributed by atoms with Crippen molar-refractivity contribution in [2.45, 2.75) is 12.6 Å². The van der Waals surface area contributed by atoms with E-state index < -0.39 is 0 Å². The van der Waals surface area contributed by atoms with Gasteiger partial charge in [0, 0.05) is 37.4 Å². The molecule has 8 nitrogen and oxygen atoms in total. The second-order valence-corrected chi connectivity index (χ2v) is 5.68. The van der Waals surface area contributed by atoms with Crippen molar-refractivity contribution in [3.8, 4) is 5.88 Å². The minimum absolute atomic E-state index is 0.0959. The van der Waals surface area contributed by atoms with E-state index in [2.05, 4.69) is 20.1 Å². The summed E-state index contributed by atoms with van der Waals surface area (Å²) in [5.41, 5.74) is 1.29. The fourth-order valence-corrected chi connectivity index (χ4v) is 2.85. The Kier molecular flexibility index (Phi) is 4.07. The van der Waals surface area contributed by atoms with E-state index in [0.717, 1.165) is 5.69 Å². The maximum Gasteiger partial charge on any atom is 0.274 e. The van der Waals surface area contributed by atoms with E-state index in [4.69, 9.17) is 4.74 Å². The van der Waals surface area contributed by atoms with Crippen molar-refractivity contribution < 1.29 is 9.53 Å². The molecule has 25 heavy (non-hydrogen) atoms. The quantitative estimate of drug-likeness (QED) is 0.715. The van der Waals surface area contributed by atoms with E-state index in [1.807, 2.05) is 22.9 Å². The fourth-order valence-electron chi connectivity index (χ4n) is 2.85. The van der Waals surface area contributed by atoms with Crippen LogP contribution in [0.5, 0.6) is 5.88 Å². The van der Waals surface area contributed by atoms with Crippen LogP contribution in [-0.4, -0.2) is 48.7 Å². The molecular weight excluding hydrogens is 320 g/mol. The number of carbonyl (C=O) groups excluding carboxylic acids is 1. The molecule has 0 saturated carbocycles. The molecule has 0 fully saturated rings. The summed E-state index contributed by atoms with van der Waals surface area (Å²) in [6, 6.07) is 7.31. The number of hydrogen-bond acceptors (Lipinski definition) is 6. The first kappa shape index (κ1) is 15.3. The van der Waals surface area contributed by atoms with Crippen LogP contribution in [0.1, 0.15) is 22.2 Å². The Morgan fingerprint density at radius 2 is 2.12 bits per heavy atom. The van der Waals surface area contributed by atoms with E-state index in [9.17, 15) is 4.79 Å². The van der Waals surface area contributed by atoms with Gasteiger partial charge in [-0.1, -0.05) is 6.07 Å². The number of fused-ring (bicyclic) bond motifs is 1. The van der Waals surface area contributed by atoms with E-state index in [1.54, 1.807) is 29.6 Å². The highest BCUT2D eigenvalue weighted by atomic mass is 16.5. The Balaban J connectivity index is 1.52. The van der Waals surface area contributed by atoms with Crippen molar-refractivity contribution in [1.29, 1.82) is 0 Å². The summed E-state index contributed by atoms with van der Waals surface area (Å²) in [7, 11) is 0. The second-order valence-electron chi connectivity index (χ2n) is 5.68. The molecule has 1 aliphatic heterocycles. The third kappa shape index (κ3) is 3.18. The molecule has 3 aromatic heterocycles. The zero-order valence-corrected chi connectivity index (χ0v) is 13.4. The van der Waals surface area contributed by atoms with Crippen LogP contribution in [0, 0.1) is 0 Å². The molecule has 1 amide bonds. The maximum atomic E-state index is 12.7. The average molecular weight is 336 g/mol. The highest BCUT2D eigenvalue weighted by molar-refractivity contribution is 5.92. The van der Waals surface area contributed by atoms with E-state index in [0.29, 0.717) is 31.3 Å². The monoisotopic (exact) mass is 336 g/mol. The summed E-state index contributed by atoms with van der Waals surface area (Å²) >= 11 is 0. The lowest BCUT2D eigenvalue weighted by Gasteiger charge is -2.33. The van der Waals surface area contributed by atoms with Gasteiger partial charge in [-0.05, 0) is 12.1 Å². The first-order valence-corrected chi connectivity index (χ1v) is 7.93. The maximum absolute atomic E-state index is 12.7. The SMILES string of the molecule is O=C(c1cnccn1)N1Cc2ccnn2[C@@H](COc2ccccn2)C1. The number of pyridine rings is 1. The minimum atomic E-state index is -0.150. The standard InChI is InChI=1S/C17H16N6O2/c24-17(15-9-18-7-8-19-15)22-10-13-4-6-21-23(13)14(11-22)12-25-16-3-1-2-5-20-16/h1-9,14H,10-12H2/t14-/m1/s1. The number of aromatic nitrogens is 5. The number of amides is 1. The Bertz CT molecular complexity index is 852. The molecular formula is C17H16N6O2. The summed E-state index contributed by atoms with van der Waals surface area (Å²) in [4.78, 5) is 26.7. The fraction of sp³-hybridized carbons (Fsp3) is 0.235. The Hall–Kier alpha value is -3.29. The van der Waals surface area contributed by atoms with Crippen molar-refractivity contribution in [3.63, 3.8) is 0 Å². The lowest BCUT2D eigenvalue weighted by atomic mass is 10.2. The minimum Gasteiger partial charge on any atom is -0.475 e. The van der Waals surface area contributed by atoms with E-state index >= 15 is 0 Å². The van der Waals surface area contributed by atoms with Gasteiger partial charge >= 0.3 is 0 Å². The Labute approximate surface area is 144 Å². The van der Waals surface area contributed by atoms with Crippen LogP contribution >= 0.6 is 0 Å². The summed E-state index contributed by atoms with van der Waals surface area (Å²) in [5, 5.41) is 4.37. The van der Waals surface area contributed by atoms with Gasteiger partial charge in [0.2, 0.25) is 5.88 Å². The number of hydrogen-bond donors (Lipinski definition) is 0. The first-order valence-electron chi connectivity index (χ1n) is 7.93. The van der Waals surface area contributed by atoms with Gasteiger partial charge in [-0.25, -0.2) is 9.97 Å². The molecule has 0 spiro atoms. The molecule has 1 aliphatic rings. The second kappa shape index (κ2) is 6.68. The predicted octanol–water partition coefficient (Wildman–Crippen LogP) is 1.34. The molecule has 0 N–H and O–H groups in total. The molecule has 0 bridgehead atoms. The number of nitrogens with zero attached hydrogens (tertiary/aromatic N) is 6. The van der Waals surface area contributed by atoms with Crippen molar-refractivity contribution in [1.82, 2.24) is 29.6 Å². The Morgan fingerprint density at radius 1 is 1.16 bits per heavy atom. The molecule has 3 aromatic rings. The van der Waals surface area contributed by atoms with E-state index in [-0.39, 0.29) is 11.9 Å². The zero-order chi connectivity index (χ0) is 17.1. The van der Waals surface area contributed by atoms with Gasteiger partial charge in [-0.3, -0.25) is 14.5 Å². The number of rotatable bonds is 4. The topological polar surface area (TPSA) is 86.0 Å². The van der Waals surface area contributed by atoms with Crippen LogP contribution in [0.3, 0.4) is 0 Å². The van der Waals surface area contributed by atoms with Gasteiger partial charge in [0.1, 0.15) is 18.3 Å². The Morgan fingerprint density at radius 3 is 2.92 bits per heavy atom. The van der Waals surface area contributed by atoms with Gasteiger partial charge in [0.15, 0.2) is 0 Å². The lowest BCUT2D eigenvalue weighted by Crippen LogP contribution is -2.43. The summed E-state index contributed by atoms with van der Waals surface area (Å²) in [5.74, 6) is 0.400. The normalized spacial score (nSPS) is 16.3. The molecule has 1 atom stereocenters. The van der Waals surface area contributed by atoms with Gasteiger partial charge in [-0.2, -0.15) is 5.10 Å². The molecule has 0 aromatic carbocycles. The van der Waals surface area contributed by atoms with Crippen molar-refractivity contribution in [2.24, 2.45) is 0 Å². The third-order valence-corrected chi connectivity index (χ3v) is 4.01. The molecule has 126 valence electrons. The molecule has 0 unspecified atom stereocenters. The molecule has 4 heterocycles. The van der Waals surface area contributed by atoms with Crippen molar-refractivity contribution >= 4 is 5.91 Å². The van der Waals surface area contributed by atoms with Crippen LogP contribution < -0.4 is 4.74 Å². The van der Waals surface area contributed by atoms with Crippen molar-refractivity contribution in [3.05, 3.63) is 66.6 Å². The summed E-state index contributed by atoms with van der Waals surface area (Å²) < 4.78 is 7.67. The largest absolute Gasteiger partial charge is 0.475 e. The number of carbonyl (C=O) groups is 1. The summed E-state index contributed by atoms with van der Waals surface area (Å²) in [6.45, 7) is 1.34. The molecule has 4 rings (SSSR count).